The van der Waals surface area contributed by atoms with Crippen LogP contribution in [0.25, 0.3) is 0 Å². The van der Waals surface area contributed by atoms with E-state index in [4.69, 9.17) is 4.74 Å². The molecule has 134 valence electrons. The Balaban J connectivity index is 1.75. The van der Waals surface area contributed by atoms with Crippen molar-refractivity contribution >= 4 is 17.8 Å². The Kier molecular flexibility index (Phi) is 5.46. The van der Waals surface area contributed by atoms with Crippen molar-refractivity contribution < 1.29 is 19.1 Å². The van der Waals surface area contributed by atoms with Crippen molar-refractivity contribution in [1.82, 2.24) is 4.90 Å². The van der Waals surface area contributed by atoms with Gasteiger partial charge < -0.3 is 4.74 Å². The number of carbonyl (C=O) groups excluding carboxylic acids is 3. The number of hydrogen-bond acceptors (Lipinski definition) is 4. The van der Waals surface area contributed by atoms with Gasteiger partial charge in [-0.05, 0) is 37.0 Å². The zero-order chi connectivity index (χ0) is 18.5. The number of ether oxygens (including phenoxy) is 1. The topological polar surface area (TPSA) is 63.7 Å². The molecule has 0 N–H and O–H groups in total. The van der Waals surface area contributed by atoms with Gasteiger partial charge in [-0.15, -0.1) is 0 Å². The summed E-state index contributed by atoms with van der Waals surface area (Å²) in [6.45, 7) is 0. The molecule has 1 aliphatic rings. The van der Waals surface area contributed by atoms with Gasteiger partial charge in [-0.1, -0.05) is 42.5 Å². The second-order valence-corrected chi connectivity index (χ2v) is 6.34. The van der Waals surface area contributed by atoms with E-state index >= 15 is 0 Å². The number of esters is 1. The second kappa shape index (κ2) is 7.95. The second-order valence-electron chi connectivity index (χ2n) is 6.34. The van der Waals surface area contributed by atoms with Crippen LogP contribution in [0.3, 0.4) is 0 Å². The standard InChI is InChI=1S/C21H21NO4/c1-26-19(23)14-16(11-7-10-15-8-3-2-4-9-15)22-20(24)17-12-5-6-13-18(17)21(22)25/h2-6,8-9,12-13,16H,7,10-11,14H2,1H3. The number of hydrogen-bond donors (Lipinski definition) is 0. The molecule has 5 nitrogen and oxygen atoms in total. The number of amides is 2. The summed E-state index contributed by atoms with van der Waals surface area (Å²) in [4.78, 5) is 38.5. The fourth-order valence-electron chi connectivity index (χ4n) is 3.32. The van der Waals surface area contributed by atoms with E-state index < -0.39 is 12.0 Å². The number of fused-ring (bicyclic) bond motifs is 1. The number of aryl methyl sites for hydroxylation is 1. The number of methoxy groups -OCH3 is 1. The van der Waals surface area contributed by atoms with Crippen LogP contribution in [0.15, 0.2) is 54.6 Å². The van der Waals surface area contributed by atoms with E-state index in [1.807, 2.05) is 30.3 Å². The first-order valence-electron chi connectivity index (χ1n) is 8.69. The van der Waals surface area contributed by atoms with Gasteiger partial charge in [0.1, 0.15) is 0 Å². The van der Waals surface area contributed by atoms with Gasteiger partial charge in [-0.2, -0.15) is 0 Å². The van der Waals surface area contributed by atoms with Crippen LogP contribution < -0.4 is 0 Å². The molecule has 0 saturated carbocycles. The summed E-state index contributed by atoms with van der Waals surface area (Å²) in [5.41, 5.74) is 1.98. The molecule has 0 saturated heterocycles. The van der Waals surface area contributed by atoms with Gasteiger partial charge in [0, 0.05) is 0 Å². The van der Waals surface area contributed by atoms with Crippen molar-refractivity contribution in [2.24, 2.45) is 0 Å². The fourth-order valence-corrected chi connectivity index (χ4v) is 3.32. The van der Waals surface area contributed by atoms with Crippen LogP contribution in [0.2, 0.25) is 0 Å². The van der Waals surface area contributed by atoms with E-state index in [9.17, 15) is 14.4 Å². The van der Waals surface area contributed by atoms with Crippen LogP contribution in [-0.2, 0) is 16.0 Å². The van der Waals surface area contributed by atoms with E-state index in [1.54, 1.807) is 24.3 Å². The predicted octanol–water partition coefficient (Wildman–Crippen LogP) is 3.24. The van der Waals surface area contributed by atoms with Gasteiger partial charge in [-0.25, -0.2) is 0 Å². The van der Waals surface area contributed by atoms with Gasteiger partial charge in [0.15, 0.2) is 0 Å². The van der Waals surface area contributed by atoms with Gasteiger partial charge >= 0.3 is 5.97 Å². The molecule has 1 heterocycles. The molecule has 1 atom stereocenters. The smallest absolute Gasteiger partial charge is 0.307 e. The first-order valence-corrected chi connectivity index (χ1v) is 8.69. The van der Waals surface area contributed by atoms with Crippen molar-refractivity contribution in [2.75, 3.05) is 7.11 Å². The lowest BCUT2D eigenvalue weighted by Gasteiger charge is -2.25. The summed E-state index contributed by atoms with van der Waals surface area (Å²) >= 11 is 0. The van der Waals surface area contributed by atoms with Crippen LogP contribution in [0.4, 0.5) is 0 Å². The highest BCUT2D eigenvalue weighted by atomic mass is 16.5. The van der Waals surface area contributed by atoms with Crippen molar-refractivity contribution in [3.63, 3.8) is 0 Å². The van der Waals surface area contributed by atoms with E-state index in [2.05, 4.69) is 0 Å². The van der Waals surface area contributed by atoms with Crippen molar-refractivity contribution in [3.8, 4) is 0 Å². The molecule has 0 fully saturated rings. The van der Waals surface area contributed by atoms with Crippen LogP contribution in [0, 0.1) is 0 Å². The number of benzene rings is 2. The van der Waals surface area contributed by atoms with Crippen molar-refractivity contribution in [2.45, 2.75) is 31.7 Å². The maximum absolute atomic E-state index is 12.7. The highest BCUT2D eigenvalue weighted by molar-refractivity contribution is 6.21. The van der Waals surface area contributed by atoms with Crippen molar-refractivity contribution in [1.29, 1.82) is 0 Å². The Morgan fingerprint density at radius 1 is 0.962 bits per heavy atom. The average Bonchev–Trinajstić information content (AvgIpc) is 2.93. The molecule has 1 unspecified atom stereocenters. The minimum absolute atomic E-state index is 0.0107. The van der Waals surface area contributed by atoms with Gasteiger partial charge in [-0.3, -0.25) is 19.3 Å². The summed E-state index contributed by atoms with van der Waals surface area (Å²) in [7, 11) is 1.31. The Hall–Kier alpha value is -2.95. The number of imide groups is 1. The molecule has 0 bridgehead atoms. The number of rotatable bonds is 7. The molecule has 5 heteroatoms. The lowest BCUT2D eigenvalue weighted by Crippen LogP contribution is -2.41. The predicted molar refractivity (Wildman–Crippen MR) is 96.7 cm³/mol. The van der Waals surface area contributed by atoms with Crippen LogP contribution in [-0.4, -0.2) is 35.8 Å². The maximum atomic E-state index is 12.7. The van der Waals surface area contributed by atoms with E-state index in [-0.39, 0.29) is 18.2 Å². The Morgan fingerprint density at radius 3 is 2.12 bits per heavy atom. The highest BCUT2D eigenvalue weighted by Gasteiger charge is 2.40. The highest BCUT2D eigenvalue weighted by Crippen LogP contribution is 2.27. The third-order valence-corrected chi connectivity index (χ3v) is 4.67. The van der Waals surface area contributed by atoms with Crippen molar-refractivity contribution in [3.05, 3.63) is 71.3 Å². The minimum atomic E-state index is -0.501. The Labute approximate surface area is 152 Å². The average molecular weight is 351 g/mol. The van der Waals surface area contributed by atoms with Crippen LogP contribution >= 0.6 is 0 Å². The first-order chi connectivity index (χ1) is 12.6. The van der Waals surface area contributed by atoms with E-state index in [1.165, 1.54) is 17.6 Å². The molecule has 0 aromatic heterocycles. The van der Waals surface area contributed by atoms with Crippen LogP contribution in [0.1, 0.15) is 45.5 Å². The summed E-state index contributed by atoms with van der Waals surface area (Å²) < 4.78 is 4.76. The monoisotopic (exact) mass is 351 g/mol. The van der Waals surface area contributed by atoms with Gasteiger partial charge in [0.05, 0.1) is 30.7 Å². The Morgan fingerprint density at radius 2 is 1.54 bits per heavy atom. The largest absolute Gasteiger partial charge is 0.469 e. The summed E-state index contributed by atoms with van der Waals surface area (Å²) in [6, 6.07) is 16.3. The lowest BCUT2D eigenvalue weighted by molar-refractivity contribution is -0.141. The maximum Gasteiger partial charge on any atom is 0.307 e. The third kappa shape index (κ3) is 3.67. The molecule has 1 aliphatic heterocycles. The van der Waals surface area contributed by atoms with Crippen LogP contribution in [0.5, 0.6) is 0 Å². The summed E-state index contributed by atoms with van der Waals surface area (Å²) in [5, 5.41) is 0. The molecule has 0 spiro atoms. The first kappa shape index (κ1) is 17.9. The third-order valence-electron chi connectivity index (χ3n) is 4.67. The molecule has 0 aliphatic carbocycles. The zero-order valence-corrected chi connectivity index (χ0v) is 14.7. The zero-order valence-electron chi connectivity index (χ0n) is 14.7. The Bertz CT molecular complexity index is 781. The molecular formula is C21H21NO4. The molecule has 0 radical (unpaired) electrons. The van der Waals surface area contributed by atoms with Gasteiger partial charge in [0.25, 0.3) is 11.8 Å². The molecule has 2 amide bonds. The number of carbonyl (C=O) groups is 3. The normalized spacial score (nSPS) is 14.3. The number of nitrogens with zero attached hydrogens (tertiary/aromatic N) is 1. The van der Waals surface area contributed by atoms with E-state index in [0.717, 1.165) is 12.8 Å². The summed E-state index contributed by atoms with van der Waals surface area (Å²) in [6.07, 6.45) is 2.15. The quantitative estimate of drug-likeness (QED) is 0.567. The van der Waals surface area contributed by atoms with E-state index in [0.29, 0.717) is 17.5 Å². The fraction of sp³-hybridized carbons (Fsp3) is 0.286. The molecule has 2 aromatic rings. The molecule has 26 heavy (non-hydrogen) atoms. The lowest BCUT2D eigenvalue weighted by atomic mass is 10.0. The molecular weight excluding hydrogens is 330 g/mol. The summed E-state index contributed by atoms with van der Waals surface area (Å²) in [5.74, 6) is -1.09. The van der Waals surface area contributed by atoms with Gasteiger partial charge in [0.2, 0.25) is 0 Å². The minimum Gasteiger partial charge on any atom is -0.469 e. The molecule has 3 rings (SSSR count). The SMILES string of the molecule is COC(=O)CC(CCCc1ccccc1)N1C(=O)c2ccccc2C1=O. The molecule has 2 aromatic carbocycles.